The van der Waals surface area contributed by atoms with Crippen LogP contribution in [0, 0.1) is 5.92 Å². The topological polar surface area (TPSA) is 62.2 Å². The van der Waals surface area contributed by atoms with Gasteiger partial charge in [-0.2, -0.15) is 0 Å². The first kappa shape index (κ1) is 15.9. The van der Waals surface area contributed by atoms with Crippen LogP contribution >= 0.6 is 12.2 Å². The van der Waals surface area contributed by atoms with E-state index in [-0.39, 0.29) is 0 Å². The van der Waals surface area contributed by atoms with E-state index in [1.807, 2.05) is 6.07 Å². The molecule has 0 spiro atoms. The van der Waals surface area contributed by atoms with E-state index in [1.54, 1.807) is 25.4 Å². The normalized spacial score (nSPS) is 18.7. The molecule has 1 unspecified atom stereocenters. The van der Waals surface area contributed by atoms with Crippen LogP contribution in [0.25, 0.3) is 0 Å². The van der Waals surface area contributed by atoms with Crippen molar-refractivity contribution in [3.05, 3.63) is 30.1 Å². The molecule has 1 aliphatic rings. The minimum atomic E-state index is -1.21. The first-order chi connectivity index (χ1) is 10.1. The van der Waals surface area contributed by atoms with Crippen molar-refractivity contribution < 1.29 is 9.90 Å². The highest BCUT2D eigenvalue weighted by molar-refractivity contribution is 7.80. The summed E-state index contributed by atoms with van der Waals surface area (Å²) in [4.78, 5) is 16.8. The number of likely N-dealkylation sites (N-methyl/N-ethyl adjacent to an activating group) is 1. The van der Waals surface area contributed by atoms with Gasteiger partial charge in [-0.15, -0.1) is 0 Å². The van der Waals surface area contributed by atoms with Crippen LogP contribution in [0.4, 0.5) is 0 Å². The van der Waals surface area contributed by atoms with Gasteiger partial charge in [0, 0.05) is 13.2 Å². The third-order valence-corrected chi connectivity index (χ3v) is 4.95. The molecule has 1 saturated carbocycles. The van der Waals surface area contributed by atoms with Crippen molar-refractivity contribution in [2.24, 2.45) is 5.92 Å². The minimum absolute atomic E-state index is 0.347. The second kappa shape index (κ2) is 6.98. The van der Waals surface area contributed by atoms with Crippen LogP contribution in [0.5, 0.6) is 0 Å². The number of aliphatic carboxylic acids is 1. The molecule has 0 aliphatic heterocycles. The molecule has 1 atom stereocenters. The molecule has 0 bridgehead atoms. The third-order valence-electron chi connectivity index (χ3n) is 4.40. The summed E-state index contributed by atoms with van der Waals surface area (Å²) in [5.74, 6) is -0.519. The number of aromatic nitrogens is 1. The lowest BCUT2D eigenvalue weighted by Gasteiger charge is -2.34. The van der Waals surface area contributed by atoms with Crippen molar-refractivity contribution in [2.75, 3.05) is 7.05 Å². The minimum Gasteiger partial charge on any atom is -0.480 e. The third kappa shape index (κ3) is 3.23. The second-order valence-corrected chi connectivity index (χ2v) is 6.12. The lowest BCUT2D eigenvalue weighted by atomic mass is 9.72. The molecule has 0 aromatic carbocycles. The van der Waals surface area contributed by atoms with Crippen LogP contribution in [-0.2, 0) is 10.2 Å². The van der Waals surface area contributed by atoms with Gasteiger partial charge in [0.1, 0.15) is 0 Å². The van der Waals surface area contributed by atoms with E-state index in [0.29, 0.717) is 23.0 Å². The van der Waals surface area contributed by atoms with Gasteiger partial charge in [0.15, 0.2) is 5.41 Å². The van der Waals surface area contributed by atoms with E-state index < -0.39 is 11.4 Å². The summed E-state index contributed by atoms with van der Waals surface area (Å²) in [5.41, 5.74) is -0.685. The summed E-state index contributed by atoms with van der Waals surface area (Å²) in [5, 5.41) is 12.8. The zero-order chi connectivity index (χ0) is 15.3. The summed E-state index contributed by atoms with van der Waals surface area (Å²) in [7, 11) is 1.68. The van der Waals surface area contributed by atoms with E-state index in [0.717, 1.165) is 12.8 Å². The van der Waals surface area contributed by atoms with E-state index >= 15 is 0 Å². The standard InChI is InChI=1S/C16H22N2O2S/c1-17-14(21)16(15(19)20,13-9-5-6-10-18-13)11-12-7-3-2-4-8-12/h5-6,9-10,12H,2-4,7-8,11H2,1H3,(H,17,21)(H,19,20). The molecular formula is C16H22N2O2S. The molecule has 1 fully saturated rings. The van der Waals surface area contributed by atoms with Crippen LogP contribution in [0.15, 0.2) is 24.4 Å². The number of pyridine rings is 1. The molecule has 2 rings (SSSR count). The van der Waals surface area contributed by atoms with Crippen molar-refractivity contribution in [1.82, 2.24) is 10.3 Å². The fourth-order valence-corrected chi connectivity index (χ4v) is 3.54. The predicted molar refractivity (Wildman–Crippen MR) is 86.4 cm³/mol. The SMILES string of the molecule is CNC(=S)C(CC1CCCCC1)(C(=O)O)c1ccccn1. The molecular weight excluding hydrogens is 284 g/mol. The Morgan fingerprint density at radius 1 is 1.43 bits per heavy atom. The molecule has 21 heavy (non-hydrogen) atoms. The molecule has 0 radical (unpaired) electrons. The monoisotopic (exact) mass is 306 g/mol. The number of nitrogens with one attached hydrogen (secondary N) is 1. The Kier molecular flexibility index (Phi) is 5.28. The fourth-order valence-electron chi connectivity index (χ4n) is 3.26. The summed E-state index contributed by atoms with van der Waals surface area (Å²) >= 11 is 5.38. The zero-order valence-electron chi connectivity index (χ0n) is 12.3. The largest absolute Gasteiger partial charge is 0.480 e. The quantitative estimate of drug-likeness (QED) is 0.819. The maximum Gasteiger partial charge on any atom is 0.322 e. The van der Waals surface area contributed by atoms with Crippen LogP contribution in [0.2, 0.25) is 0 Å². The highest BCUT2D eigenvalue weighted by Gasteiger charge is 2.47. The highest BCUT2D eigenvalue weighted by Crippen LogP contribution is 2.37. The number of thiocarbonyl (C=S) groups is 1. The van der Waals surface area contributed by atoms with Gasteiger partial charge in [0.05, 0.1) is 10.7 Å². The average molecular weight is 306 g/mol. The number of hydrogen-bond donors (Lipinski definition) is 2. The zero-order valence-corrected chi connectivity index (χ0v) is 13.2. The maximum absolute atomic E-state index is 12.1. The Bertz CT molecular complexity index is 500. The Morgan fingerprint density at radius 2 is 2.14 bits per heavy atom. The fraction of sp³-hybridized carbons (Fsp3) is 0.562. The lowest BCUT2D eigenvalue weighted by molar-refractivity contribution is -0.141. The van der Waals surface area contributed by atoms with Gasteiger partial charge >= 0.3 is 5.97 Å². The number of rotatable bonds is 5. The van der Waals surface area contributed by atoms with Gasteiger partial charge in [0.25, 0.3) is 0 Å². The first-order valence-electron chi connectivity index (χ1n) is 7.48. The van der Waals surface area contributed by atoms with Crippen molar-refractivity contribution in [3.63, 3.8) is 0 Å². The molecule has 1 aromatic rings. The highest BCUT2D eigenvalue weighted by atomic mass is 32.1. The summed E-state index contributed by atoms with van der Waals surface area (Å²) in [6.45, 7) is 0. The number of hydrogen-bond acceptors (Lipinski definition) is 3. The van der Waals surface area contributed by atoms with E-state index in [9.17, 15) is 9.90 Å². The number of carboxylic acids is 1. The smallest absolute Gasteiger partial charge is 0.322 e. The molecule has 1 aliphatic carbocycles. The van der Waals surface area contributed by atoms with Crippen molar-refractivity contribution in [2.45, 2.75) is 43.9 Å². The maximum atomic E-state index is 12.1. The van der Waals surface area contributed by atoms with Crippen LogP contribution < -0.4 is 5.32 Å². The number of nitrogens with zero attached hydrogens (tertiary/aromatic N) is 1. The van der Waals surface area contributed by atoms with Crippen molar-refractivity contribution in [1.29, 1.82) is 0 Å². The van der Waals surface area contributed by atoms with Gasteiger partial charge < -0.3 is 10.4 Å². The molecule has 0 saturated heterocycles. The van der Waals surface area contributed by atoms with Crippen molar-refractivity contribution >= 4 is 23.2 Å². The van der Waals surface area contributed by atoms with Gasteiger partial charge in [-0.3, -0.25) is 9.78 Å². The van der Waals surface area contributed by atoms with Gasteiger partial charge in [-0.25, -0.2) is 0 Å². The Hall–Kier alpha value is -1.49. The molecule has 2 N–H and O–H groups in total. The summed E-state index contributed by atoms with van der Waals surface area (Å²) in [6, 6.07) is 5.37. The molecule has 0 amide bonds. The van der Waals surface area contributed by atoms with Crippen LogP contribution in [0.1, 0.15) is 44.2 Å². The molecule has 1 aromatic heterocycles. The predicted octanol–water partition coefficient (Wildman–Crippen LogP) is 2.92. The van der Waals surface area contributed by atoms with E-state index in [2.05, 4.69) is 10.3 Å². The number of carbonyl (C=O) groups is 1. The molecule has 1 heterocycles. The lowest BCUT2D eigenvalue weighted by Crippen LogP contribution is -2.50. The number of carboxylic acid groups (broad SMARTS) is 1. The van der Waals surface area contributed by atoms with Crippen LogP contribution in [-0.4, -0.2) is 28.1 Å². The van der Waals surface area contributed by atoms with E-state index in [1.165, 1.54) is 19.3 Å². The summed E-state index contributed by atoms with van der Waals surface area (Å²) < 4.78 is 0. The van der Waals surface area contributed by atoms with Crippen molar-refractivity contribution in [3.8, 4) is 0 Å². The first-order valence-corrected chi connectivity index (χ1v) is 7.89. The Balaban J connectivity index is 2.40. The molecule has 4 nitrogen and oxygen atoms in total. The van der Waals surface area contributed by atoms with Crippen LogP contribution in [0.3, 0.4) is 0 Å². The summed E-state index contributed by atoms with van der Waals surface area (Å²) in [6.07, 6.45) is 7.91. The molecule has 114 valence electrons. The van der Waals surface area contributed by atoms with Gasteiger partial charge in [-0.05, 0) is 24.5 Å². The Labute approximate surface area is 131 Å². The average Bonchev–Trinajstić information content (AvgIpc) is 2.53. The Morgan fingerprint density at radius 3 is 2.67 bits per heavy atom. The molecule has 5 heteroatoms. The van der Waals surface area contributed by atoms with E-state index in [4.69, 9.17) is 12.2 Å². The van der Waals surface area contributed by atoms with Gasteiger partial charge in [-0.1, -0.05) is 50.4 Å². The van der Waals surface area contributed by atoms with Gasteiger partial charge in [0.2, 0.25) is 0 Å². The second-order valence-electron chi connectivity index (χ2n) is 5.71.